The van der Waals surface area contributed by atoms with Crippen molar-refractivity contribution in [2.24, 2.45) is 0 Å². The zero-order valence-corrected chi connectivity index (χ0v) is 13.6. The highest BCUT2D eigenvalue weighted by molar-refractivity contribution is 7.98. The van der Waals surface area contributed by atoms with Crippen molar-refractivity contribution in [1.82, 2.24) is 0 Å². The van der Waals surface area contributed by atoms with Crippen molar-refractivity contribution in [3.05, 3.63) is 58.6 Å². The van der Waals surface area contributed by atoms with Crippen LogP contribution < -0.4 is 0 Å². The van der Waals surface area contributed by atoms with E-state index in [0.717, 1.165) is 22.6 Å². The molecule has 0 saturated heterocycles. The summed E-state index contributed by atoms with van der Waals surface area (Å²) in [5.41, 5.74) is 1.97. The first-order chi connectivity index (χ1) is 10.4. The summed E-state index contributed by atoms with van der Waals surface area (Å²) in [5, 5.41) is 0.479. The summed E-state index contributed by atoms with van der Waals surface area (Å²) in [4.78, 5) is 11.8. The molecule has 0 radical (unpaired) electrons. The number of halogens is 3. The highest BCUT2D eigenvalue weighted by atomic mass is 35.5. The molecule has 22 heavy (non-hydrogen) atoms. The third kappa shape index (κ3) is 3.57. The van der Waals surface area contributed by atoms with Gasteiger partial charge in [-0.1, -0.05) is 29.8 Å². The molecule has 0 bridgehead atoms. The Hall–Kier alpha value is -1.65. The van der Waals surface area contributed by atoms with Gasteiger partial charge in [-0.3, -0.25) is 4.79 Å². The lowest BCUT2D eigenvalue weighted by Gasteiger charge is -2.12. The van der Waals surface area contributed by atoms with Crippen molar-refractivity contribution in [3.63, 3.8) is 0 Å². The zero-order chi connectivity index (χ0) is 16.3. The number of hydrogen-bond donors (Lipinski definition) is 0. The summed E-state index contributed by atoms with van der Waals surface area (Å²) < 4.78 is 26.5. The third-order valence-electron chi connectivity index (χ3n) is 3.06. The van der Waals surface area contributed by atoms with Crippen molar-refractivity contribution in [1.29, 1.82) is 0 Å². The van der Waals surface area contributed by atoms with E-state index in [0.29, 0.717) is 16.1 Å². The fourth-order valence-corrected chi connectivity index (χ4v) is 3.16. The molecule has 0 fully saturated rings. The van der Waals surface area contributed by atoms with Gasteiger partial charge in [0.05, 0.1) is 5.02 Å². The van der Waals surface area contributed by atoms with E-state index in [4.69, 9.17) is 11.6 Å². The Bertz CT molecular complexity index is 757. The van der Waals surface area contributed by atoms with Gasteiger partial charge in [-0.25, -0.2) is 8.78 Å². The predicted octanol–water partition coefficient (Wildman–Crippen LogP) is 5.61. The highest BCUT2D eigenvalue weighted by Crippen LogP contribution is 2.38. The topological polar surface area (TPSA) is 17.1 Å². The van der Waals surface area contributed by atoms with E-state index in [-0.39, 0.29) is 5.78 Å². The molecule has 1 nitrogen and oxygen atoms in total. The van der Waals surface area contributed by atoms with E-state index < -0.39 is 11.6 Å². The first-order valence-electron chi connectivity index (χ1n) is 6.44. The van der Waals surface area contributed by atoms with Gasteiger partial charge in [-0.2, -0.15) is 0 Å². The standard InChI is InChI=1S/C17H13ClF2OS/c1-10(21)3-4-11-5-7-13(17(22-2)16(11)18)12-6-8-14(19)15(20)9-12/h3-9H,1-2H3/b4-3+. The van der Waals surface area contributed by atoms with Gasteiger partial charge in [0.1, 0.15) is 0 Å². The summed E-state index contributed by atoms with van der Waals surface area (Å²) in [6.45, 7) is 1.45. The van der Waals surface area contributed by atoms with Crippen LogP contribution in [0.2, 0.25) is 5.02 Å². The Kier molecular flexibility index (Phi) is 5.37. The Morgan fingerprint density at radius 2 is 1.91 bits per heavy atom. The molecule has 0 aromatic heterocycles. The van der Waals surface area contributed by atoms with Gasteiger partial charge in [0, 0.05) is 4.90 Å². The van der Waals surface area contributed by atoms with Crippen LogP contribution in [-0.2, 0) is 4.79 Å². The van der Waals surface area contributed by atoms with Gasteiger partial charge in [0.25, 0.3) is 0 Å². The van der Waals surface area contributed by atoms with Gasteiger partial charge in [-0.15, -0.1) is 11.8 Å². The summed E-state index contributed by atoms with van der Waals surface area (Å²) in [7, 11) is 0. The quantitative estimate of drug-likeness (QED) is 0.532. The summed E-state index contributed by atoms with van der Waals surface area (Å²) in [5.74, 6) is -1.87. The molecule has 0 unspecified atom stereocenters. The maximum absolute atomic E-state index is 13.4. The largest absolute Gasteiger partial charge is 0.295 e. The van der Waals surface area contributed by atoms with Gasteiger partial charge >= 0.3 is 0 Å². The predicted molar refractivity (Wildman–Crippen MR) is 88.3 cm³/mol. The molecule has 0 aliphatic heterocycles. The molecule has 0 spiro atoms. The average molecular weight is 339 g/mol. The molecule has 0 amide bonds. The lowest BCUT2D eigenvalue weighted by molar-refractivity contribution is -0.112. The lowest BCUT2D eigenvalue weighted by atomic mass is 10.0. The van der Waals surface area contributed by atoms with Crippen molar-refractivity contribution >= 4 is 35.2 Å². The van der Waals surface area contributed by atoms with Crippen LogP contribution in [0.1, 0.15) is 12.5 Å². The fraction of sp³-hybridized carbons (Fsp3) is 0.118. The minimum atomic E-state index is -0.902. The van der Waals surface area contributed by atoms with E-state index in [1.54, 1.807) is 18.2 Å². The summed E-state index contributed by atoms with van der Waals surface area (Å²) >= 11 is 7.78. The summed E-state index contributed by atoms with van der Waals surface area (Å²) in [6, 6.07) is 7.27. The molecule has 0 saturated carbocycles. The van der Waals surface area contributed by atoms with Gasteiger partial charge < -0.3 is 0 Å². The maximum Gasteiger partial charge on any atom is 0.159 e. The van der Waals surface area contributed by atoms with Crippen LogP contribution in [-0.4, -0.2) is 12.0 Å². The number of thioether (sulfide) groups is 1. The van der Waals surface area contributed by atoms with E-state index in [1.807, 2.05) is 6.26 Å². The molecule has 0 N–H and O–H groups in total. The van der Waals surface area contributed by atoms with E-state index in [9.17, 15) is 13.6 Å². The van der Waals surface area contributed by atoms with Gasteiger partial charge in [0.15, 0.2) is 17.4 Å². The molecule has 5 heteroatoms. The summed E-state index contributed by atoms with van der Waals surface area (Å²) in [6.07, 6.45) is 4.92. The molecule has 2 aromatic rings. The van der Waals surface area contributed by atoms with Crippen LogP contribution in [0.4, 0.5) is 8.78 Å². The first kappa shape index (κ1) is 16.7. The second-order valence-electron chi connectivity index (χ2n) is 4.62. The molecule has 0 aliphatic rings. The van der Waals surface area contributed by atoms with Crippen LogP contribution >= 0.6 is 23.4 Å². The van der Waals surface area contributed by atoms with Crippen LogP contribution in [0.3, 0.4) is 0 Å². The van der Waals surface area contributed by atoms with E-state index in [1.165, 1.54) is 30.8 Å². The van der Waals surface area contributed by atoms with Crippen molar-refractivity contribution < 1.29 is 13.6 Å². The molecular weight excluding hydrogens is 326 g/mol. The SMILES string of the molecule is CSc1c(-c2ccc(F)c(F)c2)ccc(/C=C/C(C)=O)c1Cl. The molecule has 2 rings (SSSR count). The fourth-order valence-electron chi connectivity index (χ4n) is 2.00. The molecular formula is C17H13ClF2OS. The van der Waals surface area contributed by atoms with Crippen molar-refractivity contribution in [3.8, 4) is 11.1 Å². The minimum Gasteiger partial charge on any atom is -0.295 e. The number of ketones is 1. The second kappa shape index (κ2) is 7.07. The number of carbonyl (C=O) groups is 1. The van der Waals surface area contributed by atoms with Crippen molar-refractivity contribution in [2.75, 3.05) is 6.26 Å². The van der Waals surface area contributed by atoms with Crippen LogP contribution in [0.5, 0.6) is 0 Å². The number of hydrogen-bond acceptors (Lipinski definition) is 2. The maximum atomic E-state index is 13.4. The normalized spacial score (nSPS) is 11.1. The van der Waals surface area contributed by atoms with Crippen molar-refractivity contribution in [2.45, 2.75) is 11.8 Å². The molecule has 0 aliphatic carbocycles. The third-order valence-corrected chi connectivity index (χ3v) is 4.41. The molecule has 114 valence electrons. The zero-order valence-electron chi connectivity index (χ0n) is 12.0. The molecule has 0 atom stereocenters. The molecule has 0 heterocycles. The average Bonchev–Trinajstić information content (AvgIpc) is 2.48. The highest BCUT2D eigenvalue weighted by Gasteiger charge is 2.13. The number of rotatable bonds is 4. The lowest BCUT2D eigenvalue weighted by Crippen LogP contribution is -1.90. The number of benzene rings is 2. The van der Waals surface area contributed by atoms with Crippen LogP contribution in [0, 0.1) is 11.6 Å². The van der Waals surface area contributed by atoms with E-state index in [2.05, 4.69) is 0 Å². The Morgan fingerprint density at radius 3 is 2.50 bits per heavy atom. The first-order valence-corrected chi connectivity index (χ1v) is 8.05. The molecule has 2 aromatic carbocycles. The Labute approximate surface area is 137 Å². The van der Waals surface area contributed by atoms with Crippen LogP contribution in [0.15, 0.2) is 41.3 Å². The van der Waals surface area contributed by atoms with Gasteiger partial charge in [-0.05, 0) is 54.2 Å². The Morgan fingerprint density at radius 1 is 1.18 bits per heavy atom. The van der Waals surface area contributed by atoms with Crippen LogP contribution in [0.25, 0.3) is 17.2 Å². The number of carbonyl (C=O) groups excluding carboxylic acids is 1. The van der Waals surface area contributed by atoms with E-state index >= 15 is 0 Å². The second-order valence-corrected chi connectivity index (χ2v) is 5.82. The minimum absolute atomic E-state index is 0.0774. The monoisotopic (exact) mass is 338 g/mol. The Balaban J connectivity index is 2.55. The number of allylic oxidation sites excluding steroid dienone is 1. The smallest absolute Gasteiger partial charge is 0.159 e. The van der Waals surface area contributed by atoms with Gasteiger partial charge in [0.2, 0.25) is 0 Å².